The fourth-order valence-corrected chi connectivity index (χ4v) is 3.42. The Hall–Kier alpha value is -3.84. The van der Waals surface area contributed by atoms with Crippen molar-refractivity contribution in [2.45, 2.75) is 19.4 Å². The third-order valence-corrected chi connectivity index (χ3v) is 5.18. The highest BCUT2D eigenvalue weighted by Gasteiger charge is 2.20. The van der Waals surface area contributed by atoms with Crippen molar-refractivity contribution < 1.29 is 4.79 Å². The first kappa shape index (κ1) is 21.4. The van der Waals surface area contributed by atoms with Crippen LogP contribution in [0, 0.1) is 6.92 Å². The lowest BCUT2D eigenvalue weighted by molar-refractivity contribution is -0.118. The molecule has 162 valence electrons. The van der Waals surface area contributed by atoms with E-state index in [9.17, 15) is 4.79 Å². The van der Waals surface area contributed by atoms with Crippen LogP contribution in [0.25, 0.3) is 11.3 Å². The van der Waals surface area contributed by atoms with Crippen molar-refractivity contribution in [2.24, 2.45) is 7.05 Å². The van der Waals surface area contributed by atoms with Gasteiger partial charge < -0.3 is 10.6 Å². The molecule has 0 radical (unpaired) electrons. The van der Waals surface area contributed by atoms with Gasteiger partial charge in [0.05, 0.1) is 24.3 Å². The Kier molecular flexibility index (Phi) is 6.67. The van der Waals surface area contributed by atoms with Gasteiger partial charge in [-0.05, 0) is 24.5 Å². The molecule has 7 heteroatoms. The smallest absolute Gasteiger partial charge is 0.247 e. The molecular formula is C25H26N6O. The first-order chi connectivity index (χ1) is 15.6. The van der Waals surface area contributed by atoms with Gasteiger partial charge in [-0.2, -0.15) is 5.10 Å². The van der Waals surface area contributed by atoms with Crippen molar-refractivity contribution >= 4 is 11.7 Å². The minimum atomic E-state index is -0.499. The summed E-state index contributed by atoms with van der Waals surface area (Å²) in [5.41, 5.74) is 4.93. The van der Waals surface area contributed by atoms with Crippen LogP contribution in [0.4, 0.5) is 5.82 Å². The summed E-state index contributed by atoms with van der Waals surface area (Å²) >= 11 is 0. The van der Waals surface area contributed by atoms with Crippen LogP contribution in [0.1, 0.15) is 22.7 Å². The van der Waals surface area contributed by atoms with Gasteiger partial charge >= 0.3 is 0 Å². The molecule has 2 N–H and O–H groups in total. The Balaban J connectivity index is 1.43. The third kappa shape index (κ3) is 5.44. The van der Waals surface area contributed by atoms with Crippen LogP contribution in [0.5, 0.6) is 0 Å². The molecule has 2 aromatic carbocycles. The van der Waals surface area contributed by atoms with Crippen molar-refractivity contribution in [1.82, 2.24) is 25.1 Å². The maximum absolute atomic E-state index is 13.1. The predicted molar refractivity (Wildman–Crippen MR) is 125 cm³/mol. The Morgan fingerprint density at radius 3 is 2.44 bits per heavy atom. The first-order valence-electron chi connectivity index (χ1n) is 10.5. The third-order valence-electron chi connectivity index (χ3n) is 5.18. The topological polar surface area (TPSA) is 84.7 Å². The van der Waals surface area contributed by atoms with Crippen molar-refractivity contribution in [3.8, 4) is 11.3 Å². The first-order valence-corrected chi connectivity index (χ1v) is 10.5. The van der Waals surface area contributed by atoms with Gasteiger partial charge in [0.25, 0.3) is 0 Å². The van der Waals surface area contributed by atoms with E-state index in [4.69, 9.17) is 0 Å². The van der Waals surface area contributed by atoms with E-state index in [1.165, 1.54) is 11.1 Å². The molecule has 0 bridgehead atoms. The zero-order valence-corrected chi connectivity index (χ0v) is 18.2. The van der Waals surface area contributed by atoms with Gasteiger partial charge in [0, 0.05) is 25.4 Å². The average Bonchev–Trinajstić information content (AvgIpc) is 3.25. The summed E-state index contributed by atoms with van der Waals surface area (Å²) in [6, 6.07) is 17.6. The van der Waals surface area contributed by atoms with Crippen LogP contribution in [-0.4, -0.2) is 32.2 Å². The number of anilines is 1. The van der Waals surface area contributed by atoms with Gasteiger partial charge in [-0.25, -0.2) is 4.98 Å². The maximum Gasteiger partial charge on any atom is 0.247 e. The Morgan fingerprint density at radius 1 is 1.00 bits per heavy atom. The second-order valence-electron chi connectivity index (χ2n) is 7.71. The molecule has 0 aliphatic carbocycles. The van der Waals surface area contributed by atoms with Gasteiger partial charge in [-0.15, -0.1) is 0 Å². The molecule has 0 unspecified atom stereocenters. The minimum Gasteiger partial charge on any atom is -0.308 e. The van der Waals surface area contributed by atoms with Gasteiger partial charge in [0.1, 0.15) is 6.04 Å². The number of carbonyl (C=O) groups excluding carboxylic acids is 1. The molecule has 32 heavy (non-hydrogen) atoms. The van der Waals surface area contributed by atoms with Crippen LogP contribution in [0.15, 0.2) is 79.4 Å². The summed E-state index contributed by atoms with van der Waals surface area (Å²) in [6.07, 6.45) is 7.62. The van der Waals surface area contributed by atoms with Gasteiger partial charge in [0.2, 0.25) is 5.91 Å². The quantitative estimate of drug-likeness (QED) is 0.449. The predicted octanol–water partition coefficient (Wildman–Crippen LogP) is 3.70. The highest BCUT2D eigenvalue weighted by molar-refractivity contribution is 5.94. The van der Waals surface area contributed by atoms with E-state index in [2.05, 4.69) is 56.9 Å². The van der Waals surface area contributed by atoms with Crippen molar-refractivity contribution in [1.29, 1.82) is 0 Å². The fraction of sp³-hybridized carbons (Fsp3) is 0.200. The largest absolute Gasteiger partial charge is 0.308 e. The zero-order valence-electron chi connectivity index (χ0n) is 18.2. The van der Waals surface area contributed by atoms with Crippen LogP contribution in [-0.2, 0) is 18.3 Å². The molecule has 2 heterocycles. The summed E-state index contributed by atoms with van der Waals surface area (Å²) in [7, 11) is 1.85. The standard InChI is InChI=1S/C25H26N6O/c1-18-8-10-19(11-9-18)12-13-26-24(20-6-4-3-5-7-20)25(32)30-23-16-27-22(15-28-23)21-14-29-31(2)17-21/h3-11,14-17,24,26H,12-13H2,1-2H3,(H,28,30,32)/t24-/m0/s1. The number of aryl methyl sites for hydroxylation is 2. The molecule has 0 aliphatic heterocycles. The van der Waals surface area contributed by atoms with Gasteiger partial charge in [-0.1, -0.05) is 60.2 Å². The lowest BCUT2D eigenvalue weighted by atomic mass is 10.1. The summed E-state index contributed by atoms with van der Waals surface area (Å²) < 4.78 is 1.71. The monoisotopic (exact) mass is 426 g/mol. The molecule has 1 atom stereocenters. The molecule has 1 amide bonds. The van der Waals surface area contributed by atoms with Crippen LogP contribution >= 0.6 is 0 Å². The molecule has 0 spiro atoms. The van der Waals surface area contributed by atoms with E-state index in [0.717, 1.165) is 17.5 Å². The van der Waals surface area contributed by atoms with E-state index in [1.54, 1.807) is 23.3 Å². The van der Waals surface area contributed by atoms with Crippen LogP contribution in [0.2, 0.25) is 0 Å². The second kappa shape index (κ2) is 9.98. The minimum absolute atomic E-state index is 0.177. The Morgan fingerprint density at radius 2 is 1.78 bits per heavy atom. The Bertz CT molecular complexity index is 1150. The maximum atomic E-state index is 13.1. The lowest BCUT2D eigenvalue weighted by Crippen LogP contribution is -2.34. The van der Waals surface area contributed by atoms with Crippen molar-refractivity contribution in [2.75, 3.05) is 11.9 Å². The number of nitrogens with zero attached hydrogens (tertiary/aromatic N) is 4. The number of benzene rings is 2. The SMILES string of the molecule is Cc1ccc(CCN[C@H](C(=O)Nc2cnc(-c3cnn(C)c3)cn2)c2ccccc2)cc1. The molecule has 0 saturated heterocycles. The van der Waals surface area contributed by atoms with Crippen molar-refractivity contribution in [3.05, 3.63) is 96.1 Å². The number of hydrogen-bond donors (Lipinski definition) is 2. The molecule has 0 fully saturated rings. The number of nitrogens with one attached hydrogen (secondary N) is 2. The van der Waals surface area contributed by atoms with Gasteiger partial charge in [-0.3, -0.25) is 14.5 Å². The molecule has 2 aromatic heterocycles. The highest BCUT2D eigenvalue weighted by Crippen LogP contribution is 2.18. The molecule has 4 rings (SSSR count). The number of rotatable bonds is 8. The van der Waals surface area contributed by atoms with Crippen LogP contribution < -0.4 is 10.6 Å². The molecule has 4 aromatic rings. The van der Waals surface area contributed by atoms with E-state index in [0.29, 0.717) is 18.1 Å². The second-order valence-corrected chi connectivity index (χ2v) is 7.71. The summed E-state index contributed by atoms with van der Waals surface area (Å²) in [4.78, 5) is 21.9. The zero-order chi connectivity index (χ0) is 22.3. The van der Waals surface area contributed by atoms with Crippen molar-refractivity contribution in [3.63, 3.8) is 0 Å². The van der Waals surface area contributed by atoms with E-state index in [1.807, 2.05) is 43.6 Å². The number of hydrogen-bond acceptors (Lipinski definition) is 5. The molecule has 7 nitrogen and oxygen atoms in total. The van der Waals surface area contributed by atoms with Crippen LogP contribution in [0.3, 0.4) is 0 Å². The van der Waals surface area contributed by atoms with E-state index < -0.39 is 6.04 Å². The number of aromatic nitrogens is 4. The molecular weight excluding hydrogens is 400 g/mol. The van der Waals surface area contributed by atoms with Gasteiger partial charge in [0.15, 0.2) is 5.82 Å². The summed E-state index contributed by atoms with van der Waals surface area (Å²) in [6.45, 7) is 2.74. The Labute approximate surface area is 187 Å². The summed E-state index contributed by atoms with van der Waals surface area (Å²) in [5.74, 6) is 0.229. The normalized spacial score (nSPS) is 11.8. The van der Waals surface area contributed by atoms with E-state index >= 15 is 0 Å². The molecule has 0 aliphatic rings. The van der Waals surface area contributed by atoms with E-state index in [-0.39, 0.29) is 5.91 Å². The average molecular weight is 427 g/mol. The number of amides is 1. The summed E-state index contributed by atoms with van der Waals surface area (Å²) in [5, 5.41) is 10.4. The highest BCUT2D eigenvalue weighted by atomic mass is 16.2. The number of carbonyl (C=O) groups is 1. The molecule has 0 saturated carbocycles. The fourth-order valence-electron chi connectivity index (χ4n) is 3.42. The lowest BCUT2D eigenvalue weighted by Gasteiger charge is -2.19.